The minimum Gasteiger partial charge on any atom is -0.368 e. The Hall–Kier alpha value is -2.63. The molecule has 25 heavy (non-hydrogen) atoms. The lowest BCUT2D eigenvalue weighted by atomic mass is 10.2. The molecule has 6 nitrogen and oxygen atoms in total. The van der Waals surface area contributed by atoms with Gasteiger partial charge in [-0.25, -0.2) is 9.97 Å². The van der Waals surface area contributed by atoms with Crippen LogP contribution in [0.2, 0.25) is 0 Å². The Kier molecular flexibility index (Phi) is 5.48. The number of nitrogens with one attached hydrogen (secondary N) is 1. The van der Waals surface area contributed by atoms with E-state index in [1.165, 1.54) is 5.69 Å². The Bertz CT molecular complexity index is 679. The number of hydrogen-bond acceptors (Lipinski definition) is 5. The van der Waals surface area contributed by atoms with Crippen LogP contribution in [0, 0.1) is 5.92 Å². The number of rotatable bonds is 5. The highest BCUT2D eigenvalue weighted by Crippen LogP contribution is 2.17. The van der Waals surface area contributed by atoms with Crippen molar-refractivity contribution >= 4 is 17.5 Å². The van der Waals surface area contributed by atoms with Crippen molar-refractivity contribution in [3.05, 3.63) is 48.3 Å². The summed E-state index contributed by atoms with van der Waals surface area (Å²) in [6.07, 6.45) is 3.23. The quantitative estimate of drug-likeness (QED) is 0.905. The molecule has 0 saturated carbocycles. The summed E-state index contributed by atoms with van der Waals surface area (Å²) in [6.45, 7) is 8.39. The Morgan fingerprint density at radius 2 is 1.64 bits per heavy atom. The third-order valence-corrected chi connectivity index (χ3v) is 4.26. The first kappa shape index (κ1) is 17.2. The van der Waals surface area contributed by atoms with E-state index in [1.54, 1.807) is 12.4 Å². The summed E-state index contributed by atoms with van der Waals surface area (Å²) < 4.78 is 0. The Labute approximate surface area is 148 Å². The van der Waals surface area contributed by atoms with E-state index >= 15 is 0 Å². The summed E-state index contributed by atoms with van der Waals surface area (Å²) in [5.74, 6) is 0.993. The zero-order valence-electron chi connectivity index (χ0n) is 14.9. The highest BCUT2D eigenvalue weighted by molar-refractivity contribution is 5.93. The SMILES string of the molecule is CC(C)CNC(=O)c1cnc(N2CCN(c3ccccc3)CC2)nc1. The number of carbonyl (C=O) groups excluding carboxylic acids is 1. The molecule has 132 valence electrons. The number of anilines is 2. The van der Waals surface area contributed by atoms with Crippen LogP contribution in [0.5, 0.6) is 0 Å². The van der Waals surface area contributed by atoms with Gasteiger partial charge in [0.2, 0.25) is 5.95 Å². The molecule has 0 spiro atoms. The van der Waals surface area contributed by atoms with Gasteiger partial charge < -0.3 is 15.1 Å². The minimum atomic E-state index is -0.117. The van der Waals surface area contributed by atoms with Crippen molar-refractivity contribution in [1.82, 2.24) is 15.3 Å². The number of amides is 1. The van der Waals surface area contributed by atoms with Gasteiger partial charge in [0.05, 0.1) is 5.56 Å². The van der Waals surface area contributed by atoms with Gasteiger partial charge in [-0.3, -0.25) is 4.79 Å². The molecule has 0 atom stereocenters. The van der Waals surface area contributed by atoms with E-state index in [0.29, 0.717) is 24.0 Å². The van der Waals surface area contributed by atoms with Gasteiger partial charge in [0.1, 0.15) is 0 Å². The van der Waals surface area contributed by atoms with Crippen molar-refractivity contribution in [3.63, 3.8) is 0 Å². The molecule has 0 bridgehead atoms. The van der Waals surface area contributed by atoms with Crippen molar-refractivity contribution in [2.75, 3.05) is 42.5 Å². The predicted molar refractivity (Wildman–Crippen MR) is 100 cm³/mol. The Morgan fingerprint density at radius 3 is 2.24 bits per heavy atom. The number of piperazine rings is 1. The highest BCUT2D eigenvalue weighted by atomic mass is 16.1. The van der Waals surface area contributed by atoms with Crippen molar-refractivity contribution in [3.8, 4) is 0 Å². The fourth-order valence-corrected chi connectivity index (χ4v) is 2.80. The second kappa shape index (κ2) is 7.96. The molecule has 1 aromatic carbocycles. The topological polar surface area (TPSA) is 61.4 Å². The maximum Gasteiger partial charge on any atom is 0.254 e. The van der Waals surface area contributed by atoms with Crippen LogP contribution in [-0.4, -0.2) is 48.6 Å². The largest absolute Gasteiger partial charge is 0.368 e. The minimum absolute atomic E-state index is 0.117. The molecule has 0 aliphatic carbocycles. The summed E-state index contributed by atoms with van der Waals surface area (Å²) in [5.41, 5.74) is 1.76. The zero-order valence-corrected chi connectivity index (χ0v) is 14.9. The highest BCUT2D eigenvalue weighted by Gasteiger charge is 2.19. The average Bonchev–Trinajstić information content (AvgIpc) is 2.67. The lowest BCUT2D eigenvalue weighted by Crippen LogP contribution is -2.47. The fraction of sp³-hybridized carbons (Fsp3) is 0.421. The van der Waals surface area contributed by atoms with Crippen LogP contribution in [0.1, 0.15) is 24.2 Å². The summed E-state index contributed by atoms with van der Waals surface area (Å²) in [5, 5.41) is 2.88. The smallest absolute Gasteiger partial charge is 0.254 e. The first-order valence-corrected chi connectivity index (χ1v) is 8.78. The Balaban J connectivity index is 1.56. The van der Waals surface area contributed by atoms with Crippen LogP contribution >= 0.6 is 0 Å². The van der Waals surface area contributed by atoms with E-state index in [2.05, 4.69) is 63.2 Å². The molecule has 1 amide bonds. The van der Waals surface area contributed by atoms with E-state index < -0.39 is 0 Å². The Morgan fingerprint density at radius 1 is 1.04 bits per heavy atom. The average molecular weight is 339 g/mol. The monoisotopic (exact) mass is 339 g/mol. The molecular weight excluding hydrogens is 314 g/mol. The summed E-state index contributed by atoms with van der Waals surface area (Å²) in [4.78, 5) is 25.3. The lowest BCUT2D eigenvalue weighted by molar-refractivity contribution is 0.0948. The molecule has 1 aliphatic rings. The van der Waals surface area contributed by atoms with E-state index in [0.717, 1.165) is 26.2 Å². The molecule has 0 unspecified atom stereocenters. The van der Waals surface area contributed by atoms with E-state index in [-0.39, 0.29) is 5.91 Å². The van der Waals surface area contributed by atoms with Gasteiger partial charge in [-0.15, -0.1) is 0 Å². The molecule has 2 aromatic rings. The van der Waals surface area contributed by atoms with Crippen LogP contribution in [0.25, 0.3) is 0 Å². The van der Waals surface area contributed by atoms with Crippen LogP contribution in [-0.2, 0) is 0 Å². The number of carbonyl (C=O) groups is 1. The third-order valence-electron chi connectivity index (χ3n) is 4.26. The number of aromatic nitrogens is 2. The molecule has 1 aliphatic heterocycles. The van der Waals surface area contributed by atoms with Crippen molar-refractivity contribution in [1.29, 1.82) is 0 Å². The number of benzene rings is 1. The number of hydrogen-bond donors (Lipinski definition) is 1. The summed E-state index contributed by atoms with van der Waals surface area (Å²) in [7, 11) is 0. The third kappa shape index (κ3) is 4.47. The van der Waals surface area contributed by atoms with Gasteiger partial charge in [-0.1, -0.05) is 32.0 Å². The second-order valence-electron chi connectivity index (χ2n) is 6.69. The molecule has 0 radical (unpaired) electrons. The van der Waals surface area contributed by atoms with Gasteiger partial charge in [-0.05, 0) is 18.1 Å². The summed E-state index contributed by atoms with van der Waals surface area (Å²) in [6, 6.07) is 10.4. The fourth-order valence-electron chi connectivity index (χ4n) is 2.80. The molecular formula is C19H25N5O. The number of nitrogens with zero attached hydrogens (tertiary/aromatic N) is 4. The van der Waals surface area contributed by atoms with Crippen LogP contribution in [0.15, 0.2) is 42.7 Å². The number of para-hydroxylation sites is 1. The molecule has 1 fully saturated rings. The first-order valence-electron chi connectivity index (χ1n) is 8.78. The zero-order chi connectivity index (χ0) is 17.6. The normalized spacial score (nSPS) is 14.7. The van der Waals surface area contributed by atoms with Crippen LogP contribution in [0.3, 0.4) is 0 Å². The van der Waals surface area contributed by atoms with Gasteiger partial charge in [0.25, 0.3) is 5.91 Å². The summed E-state index contributed by atoms with van der Waals surface area (Å²) >= 11 is 0. The molecule has 2 heterocycles. The standard InChI is InChI=1S/C19H25N5O/c1-15(2)12-20-18(25)16-13-21-19(22-14-16)24-10-8-23(9-11-24)17-6-4-3-5-7-17/h3-7,13-15H,8-12H2,1-2H3,(H,20,25). The van der Waals surface area contributed by atoms with Crippen LogP contribution < -0.4 is 15.1 Å². The van der Waals surface area contributed by atoms with Crippen LogP contribution in [0.4, 0.5) is 11.6 Å². The lowest BCUT2D eigenvalue weighted by Gasteiger charge is -2.36. The van der Waals surface area contributed by atoms with E-state index in [1.807, 2.05) is 6.07 Å². The molecule has 1 aromatic heterocycles. The maximum absolute atomic E-state index is 12.0. The second-order valence-corrected chi connectivity index (χ2v) is 6.69. The van der Waals surface area contributed by atoms with E-state index in [4.69, 9.17) is 0 Å². The molecule has 6 heteroatoms. The van der Waals surface area contributed by atoms with Gasteiger partial charge >= 0.3 is 0 Å². The molecule has 1 saturated heterocycles. The molecule has 3 rings (SSSR count). The maximum atomic E-state index is 12.0. The first-order chi connectivity index (χ1) is 12.1. The predicted octanol–water partition coefficient (Wildman–Crippen LogP) is 2.19. The van der Waals surface area contributed by atoms with Crippen molar-refractivity contribution < 1.29 is 4.79 Å². The van der Waals surface area contributed by atoms with Gasteiger partial charge in [0.15, 0.2) is 0 Å². The van der Waals surface area contributed by atoms with Gasteiger partial charge in [0, 0.05) is 50.8 Å². The van der Waals surface area contributed by atoms with Crippen molar-refractivity contribution in [2.45, 2.75) is 13.8 Å². The van der Waals surface area contributed by atoms with E-state index in [9.17, 15) is 4.79 Å². The van der Waals surface area contributed by atoms with Gasteiger partial charge in [-0.2, -0.15) is 0 Å². The molecule has 1 N–H and O–H groups in total. The van der Waals surface area contributed by atoms with Crippen molar-refractivity contribution in [2.24, 2.45) is 5.92 Å².